The number of quaternary nitrogens is 1. The van der Waals surface area contributed by atoms with E-state index in [1.165, 1.54) is 77.3 Å². The molecule has 0 spiro atoms. The van der Waals surface area contributed by atoms with Crippen LogP contribution in [-0.4, -0.2) is 44.1 Å². The molecule has 0 aromatic heterocycles. The van der Waals surface area contributed by atoms with Crippen molar-refractivity contribution in [1.82, 2.24) is 0 Å². The fourth-order valence-corrected chi connectivity index (χ4v) is 6.75. The van der Waals surface area contributed by atoms with Crippen LogP contribution in [0.25, 0.3) is 0 Å². The molecule has 0 amide bonds. The lowest BCUT2D eigenvalue weighted by molar-refractivity contribution is -0.908. The lowest BCUT2D eigenvalue weighted by atomic mass is 9.49. The summed E-state index contributed by atoms with van der Waals surface area (Å²) in [5.41, 5.74) is 0.623. The van der Waals surface area contributed by atoms with Crippen LogP contribution in [0, 0.1) is 23.2 Å². The summed E-state index contributed by atoms with van der Waals surface area (Å²) in [4.78, 5) is 1.58. The maximum absolute atomic E-state index is 10.2. The van der Waals surface area contributed by atoms with Gasteiger partial charge in [-0.1, -0.05) is 0 Å². The van der Waals surface area contributed by atoms with Crippen LogP contribution >= 0.6 is 0 Å². The van der Waals surface area contributed by atoms with Gasteiger partial charge in [-0.25, -0.2) is 0 Å². The zero-order valence-electron chi connectivity index (χ0n) is 14.8. The summed E-state index contributed by atoms with van der Waals surface area (Å²) in [6.45, 7) is 4.79. The van der Waals surface area contributed by atoms with Crippen LogP contribution in [0.15, 0.2) is 0 Å². The van der Waals surface area contributed by atoms with Gasteiger partial charge >= 0.3 is 0 Å². The van der Waals surface area contributed by atoms with E-state index in [-0.39, 0.29) is 6.10 Å². The van der Waals surface area contributed by atoms with Crippen LogP contribution in [0.3, 0.4) is 0 Å². The number of likely N-dealkylation sites (tertiary alicyclic amines) is 1. The van der Waals surface area contributed by atoms with Crippen LogP contribution in [0.2, 0.25) is 0 Å². The van der Waals surface area contributed by atoms with Gasteiger partial charge in [-0.15, -0.1) is 0 Å². The minimum Gasteiger partial charge on any atom is -0.385 e. The Morgan fingerprint density at radius 2 is 1.57 bits per heavy atom. The first kappa shape index (κ1) is 16.4. The standard InChI is InChI=1S/C20H35NO2/c22-19(14-21-5-2-1-3-6-21)15-23-7-4-20-11-16-8-17(12-20)10-18(9-16)13-20/h16-19,22H,1-15H2/p+1/t16?,17?,18?,19-,20?/m1/s1. The van der Waals surface area contributed by atoms with Crippen LogP contribution < -0.4 is 4.90 Å². The van der Waals surface area contributed by atoms with Gasteiger partial charge in [-0.05, 0) is 87.4 Å². The number of aliphatic hydroxyl groups is 1. The first-order chi connectivity index (χ1) is 11.2. The van der Waals surface area contributed by atoms with E-state index in [0.29, 0.717) is 12.0 Å². The van der Waals surface area contributed by atoms with E-state index in [4.69, 9.17) is 4.74 Å². The van der Waals surface area contributed by atoms with E-state index in [1.807, 2.05) is 0 Å². The van der Waals surface area contributed by atoms with E-state index in [9.17, 15) is 5.11 Å². The van der Waals surface area contributed by atoms with Crippen molar-refractivity contribution in [2.24, 2.45) is 23.2 Å². The van der Waals surface area contributed by atoms with Crippen molar-refractivity contribution < 1.29 is 14.7 Å². The Kier molecular flexibility index (Phi) is 4.99. The molecule has 4 bridgehead atoms. The summed E-state index contributed by atoms with van der Waals surface area (Å²) in [7, 11) is 0. The number of rotatable bonds is 7. The van der Waals surface area contributed by atoms with Gasteiger partial charge in [0, 0.05) is 6.61 Å². The molecule has 3 nitrogen and oxygen atoms in total. The second kappa shape index (κ2) is 7.01. The van der Waals surface area contributed by atoms with E-state index < -0.39 is 0 Å². The average molecular weight is 323 g/mol. The minimum absolute atomic E-state index is 0.264. The molecule has 0 aromatic rings. The molecule has 4 aliphatic carbocycles. The van der Waals surface area contributed by atoms with Crippen LogP contribution in [-0.2, 0) is 4.74 Å². The molecule has 132 valence electrons. The van der Waals surface area contributed by atoms with Crippen molar-refractivity contribution in [3.05, 3.63) is 0 Å². The summed E-state index contributed by atoms with van der Waals surface area (Å²) in [6, 6.07) is 0. The highest BCUT2D eigenvalue weighted by atomic mass is 16.5. The second-order valence-corrected chi connectivity index (χ2v) is 9.41. The number of ether oxygens (including phenoxy) is 1. The maximum atomic E-state index is 10.2. The van der Waals surface area contributed by atoms with Gasteiger partial charge in [-0.2, -0.15) is 0 Å². The third kappa shape index (κ3) is 3.93. The molecule has 0 aromatic carbocycles. The van der Waals surface area contributed by atoms with Crippen molar-refractivity contribution >= 4 is 0 Å². The van der Waals surface area contributed by atoms with Gasteiger partial charge < -0.3 is 14.7 Å². The summed E-state index contributed by atoms with van der Waals surface area (Å²) in [5, 5.41) is 10.2. The third-order valence-electron chi connectivity index (χ3n) is 7.34. The highest BCUT2D eigenvalue weighted by Crippen LogP contribution is 2.61. The molecule has 23 heavy (non-hydrogen) atoms. The Hall–Kier alpha value is -0.120. The topological polar surface area (TPSA) is 33.9 Å². The fourth-order valence-electron chi connectivity index (χ4n) is 6.75. The third-order valence-corrected chi connectivity index (χ3v) is 7.34. The molecule has 0 radical (unpaired) electrons. The van der Waals surface area contributed by atoms with Gasteiger partial charge in [0.1, 0.15) is 12.6 Å². The summed E-state index contributed by atoms with van der Waals surface area (Å²) < 4.78 is 5.91. The zero-order chi connectivity index (χ0) is 15.7. The molecular formula is C20H36NO2+. The summed E-state index contributed by atoms with van der Waals surface area (Å²) in [5.74, 6) is 3.11. The Bertz CT molecular complexity index is 356. The molecule has 5 rings (SSSR count). The molecule has 3 heteroatoms. The monoisotopic (exact) mass is 322 g/mol. The van der Waals surface area contributed by atoms with Crippen LogP contribution in [0.5, 0.6) is 0 Å². The molecule has 2 N–H and O–H groups in total. The normalized spacial score (nSPS) is 41.3. The molecule has 1 saturated heterocycles. The molecule has 4 saturated carbocycles. The van der Waals surface area contributed by atoms with Crippen molar-refractivity contribution in [3.8, 4) is 0 Å². The van der Waals surface area contributed by atoms with Gasteiger partial charge in [0.25, 0.3) is 0 Å². The van der Waals surface area contributed by atoms with Crippen LogP contribution in [0.1, 0.15) is 64.2 Å². The van der Waals surface area contributed by atoms with Gasteiger partial charge in [0.2, 0.25) is 0 Å². The quantitative estimate of drug-likeness (QED) is 0.703. The number of nitrogens with one attached hydrogen (secondary N) is 1. The highest BCUT2D eigenvalue weighted by Gasteiger charge is 2.50. The number of hydrogen-bond acceptors (Lipinski definition) is 2. The van der Waals surface area contributed by atoms with Gasteiger partial charge in [0.05, 0.1) is 19.7 Å². The molecule has 1 aliphatic heterocycles. The SMILES string of the molecule is O[C@@H](COCCC12CC3CC(CC(C3)C1)C2)C[NH+]1CCCCC1. The Morgan fingerprint density at radius 1 is 0.957 bits per heavy atom. The average Bonchev–Trinajstić information content (AvgIpc) is 2.51. The molecule has 0 unspecified atom stereocenters. The van der Waals surface area contributed by atoms with E-state index >= 15 is 0 Å². The Morgan fingerprint density at radius 3 is 2.17 bits per heavy atom. The van der Waals surface area contributed by atoms with Gasteiger partial charge in [-0.3, -0.25) is 0 Å². The predicted molar refractivity (Wildman–Crippen MR) is 91.5 cm³/mol. The van der Waals surface area contributed by atoms with E-state index in [1.54, 1.807) is 4.90 Å². The van der Waals surface area contributed by atoms with Crippen molar-refractivity contribution in [1.29, 1.82) is 0 Å². The van der Waals surface area contributed by atoms with Crippen molar-refractivity contribution in [3.63, 3.8) is 0 Å². The molecule has 5 aliphatic rings. The first-order valence-corrected chi connectivity index (χ1v) is 10.3. The minimum atomic E-state index is -0.264. The lowest BCUT2D eigenvalue weighted by Gasteiger charge is -2.57. The Labute approximate surface area is 141 Å². The summed E-state index contributed by atoms with van der Waals surface area (Å²) in [6.07, 6.45) is 14.0. The number of aliphatic hydroxyl groups excluding tert-OH is 1. The largest absolute Gasteiger partial charge is 0.385 e. The lowest BCUT2D eigenvalue weighted by Crippen LogP contribution is -3.14. The number of piperidine rings is 1. The smallest absolute Gasteiger partial charge is 0.126 e. The molecule has 1 heterocycles. The fraction of sp³-hybridized carbons (Fsp3) is 1.00. The van der Waals surface area contributed by atoms with Gasteiger partial charge in [0.15, 0.2) is 0 Å². The van der Waals surface area contributed by atoms with Crippen molar-refractivity contribution in [2.75, 3.05) is 32.8 Å². The molecular weight excluding hydrogens is 286 g/mol. The number of hydrogen-bond donors (Lipinski definition) is 2. The second-order valence-electron chi connectivity index (χ2n) is 9.41. The molecule has 5 fully saturated rings. The van der Waals surface area contributed by atoms with E-state index in [0.717, 1.165) is 30.9 Å². The van der Waals surface area contributed by atoms with Crippen molar-refractivity contribution in [2.45, 2.75) is 70.3 Å². The molecule has 1 atom stereocenters. The van der Waals surface area contributed by atoms with Crippen LogP contribution in [0.4, 0.5) is 0 Å². The zero-order valence-corrected chi connectivity index (χ0v) is 14.8. The van der Waals surface area contributed by atoms with E-state index in [2.05, 4.69) is 0 Å². The predicted octanol–water partition coefficient (Wildman–Crippen LogP) is 2.04. The summed E-state index contributed by atoms with van der Waals surface area (Å²) >= 11 is 0. The maximum Gasteiger partial charge on any atom is 0.126 e. The Balaban J connectivity index is 1.16. The first-order valence-electron chi connectivity index (χ1n) is 10.3. The highest BCUT2D eigenvalue weighted by molar-refractivity contribution is 5.01.